The molecule has 16 rings (SSSR count). The Morgan fingerprint density at radius 1 is 0.210 bits per heavy atom. The van der Waals surface area contributed by atoms with E-state index in [-0.39, 0.29) is 13.2 Å². The summed E-state index contributed by atoms with van der Waals surface area (Å²) >= 11 is 0. The summed E-state index contributed by atoms with van der Waals surface area (Å²) in [6, 6.07) is 52.4. The summed E-state index contributed by atoms with van der Waals surface area (Å²) in [4.78, 5) is 0. The molecule has 119 heavy (non-hydrogen) atoms. The molecular weight excluding hydrogens is 1480 g/mol. The Labute approximate surface area is 715 Å². The van der Waals surface area contributed by atoms with Gasteiger partial charge in [-0.25, -0.2) is 30.7 Å². The molecule has 0 aromatic heterocycles. The van der Waals surface area contributed by atoms with E-state index in [1.54, 1.807) is 24.3 Å². The normalized spacial score (nSPS) is 27.2. The van der Waals surface area contributed by atoms with E-state index in [9.17, 15) is 30.7 Å². The average Bonchev–Trinajstić information content (AvgIpc) is 0.829. The number of aryl methyl sites for hydroxylation is 1. The van der Waals surface area contributed by atoms with Crippen LogP contribution in [0.15, 0.2) is 170 Å². The first kappa shape index (κ1) is 91.5. The Balaban J connectivity index is 0.000000145. The fourth-order valence-electron chi connectivity index (χ4n) is 23.8. The molecule has 0 atom stereocenters. The third kappa shape index (κ3) is 25.7. The van der Waals surface area contributed by atoms with E-state index in [1.807, 2.05) is 19.1 Å². The van der Waals surface area contributed by atoms with Gasteiger partial charge in [-0.1, -0.05) is 278 Å². The number of hydrogen-bond donors (Lipinski definition) is 0. The number of hydrogen-bond acceptors (Lipinski definition) is 0. The van der Waals surface area contributed by atoms with E-state index in [0.29, 0.717) is 29.2 Å². The maximum absolute atomic E-state index is 13.9. The summed E-state index contributed by atoms with van der Waals surface area (Å²) in [5.74, 6) is 9.57. The minimum atomic E-state index is -0.791. The lowest BCUT2D eigenvalue weighted by Gasteiger charge is -2.38. The van der Waals surface area contributed by atoms with Gasteiger partial charge in [-0.2, -0.15) is 0 Å². The summed E-state index contributed by atoms with van der Waals surface area (Å²) in [6.07, 6.45) is 59.1. The van der Waals surface area contributed by atoms with Crippen LogP contribution in [0.5, 0.6) is 0 Å². The van der Waals surface area contributed by atoms with E-state index < -0.39 is 34.9 Å². The summed E-state index contributed by atoms with van der Waals surface area (Å²) in [6.45, 7) is 11.1. The minimum absolute atomic E-state index is 0. The van der Waals surface area contributed by atoms with Gasteiger partial charge in [0.2, 0.25) is 0 Å². The van der Waals surface area contributed by atoms with Gasteiger partial charge < -0.3 is 0 Å². The first-order valence-electron chi connectivity index (χ1n) is 48.1. The van der Waals surface area contributed by atoms with Crippen LogP contribution in [0.4, 0.5) is 30.7 Å². The summed E-state index contributed by atoms with van der Waals surface area (Å²) in [5.41, 5.74) is 13.5. The molecule has 8 aromatic rings. The van der Waals surface area contributed by atoms with Crippen molar-refractivity contribution < 1.29 is 30.7 Å². The van der Waals surface area contributed by atoms with Gasteiger partial charge in [-0.05, 0) is 370 Å². The zero-order valence-electron chi connectivity index (χ0n) is 72.7. The molecule has 0 bridgehead atoms. The maximum atomic E-state index is 13.9. The highest BCUT2D eigenvalue weighted by Gasteiger charge is 2.36. The molecule has 8 saturated carbocycles. The van der Waals surface area contributed by atoms with Crippen LogP contribution in [-0.4, -0.2) is 0 Å². The predicted octanol–water partition coefficient (Wildman–Crippen LogP) is 35.6. The summed E-state index contributed by atoms with van der Waals surface area (Å²) in [7, 11) is 0. The van der Waals surface area contributed by atoms with Crippen molar-refractivity contribution in [3.8, 4) is 44.5 Å². The first-order chi connectivity index (χ1) is 57.5. The molecule has 0 saturated heterocycles. The molecule has 8 fully saturated rings. The number of unbranched alkanes of at least 4 members (excludes halogenated alkanes) is 3. The SMILES string of the molecule is C.CCC1CCC(C2CCC(c3ccc(-c4ccc(F)c(F)c4)cc3)CC2)CC1.CCCC1CCC(C2CCC(c3ccc(-c4ccc(F)c(F)c4)cc3)CC2)CC1.CCCCC1CCC(C2CCC(c3ccc(-c4ccc(F)c(F)c4)cc3)CC2)CC1.CCCCCC1CCC(C2CCC(c3ccc(-c4ccc(C)c(F)c4)cc3)CC2)CC1. The molecule has 8 aromatic carbocycles. The highest BCUT2D eigenvalue weighted by molar-refractivity contribution is 5.67. The predicted molar refractivity (Wildman–Crippen MR) is 488 cm³/mol. The Bertz CT molecular complexity index is 4250. The number of benzene rings is 8. The quantitative estimate of drug-likeness (QED) is 0.0469. The molecule has 7 heteroatoms. The van der Waals surface area contributed by atoms with Gasteiger partial charge in [-0.3, -0.25) is 0 Å². The minimum Gasteiger partial charge on any atom is -0.207 e. The van der Waals surface area contributed by atoms with Crippen LogP contribution in [0.2, 0.25) is 0 Å². The van der Waals surface area contributed by atoms with Crippen molar-refractivity contribution in [2.45, 2.75) is 335 Å². The third-order valence-corrected chi connectivity index (χ3v) is 31.6. The third-order valence-electron chi connectivity index (χ3n) is 31.6. The summed E-state index contributed by atoms with van der Waals surface area (Å²) in [5, 5.41) is 0. The second-order valence-electron chi connectivity index (χ2n) is 38.7. The fourth-order valence-corrected chi connectivity index (χ4v) is 23.8. The van der Waals surface area contributed by atoms with Crippen molar-refractivity contribution >= 4 is 0 Å². The van der Waals surface area contributed by atoms with Crippen LogP contribution in [0, 0.1) is 119 Å². The smallest absolute Gasteiger partial charge is 0.159 e. The second-order valence-corrected chi connectivity index (χ2v) is 38.7. The first-order valence-corrected chi connectivity index (χ1v) is 48.1. The lowest BCUT2D eigenvalue weighted by molar-refractivity contribution is 0.155. The molecule has 644 valence electrons. The van der Waals surface area contributed by atoms with Crippen molar-refractivity contribution in [3.63, 3.8) is 0 Å². The van der Waals surface area contributed by atoms with E-state index in [0.717, 1.165) is 116 Å². The van der Waals surface area contributed by atoms with Gasteiger partial charge in [0, 0.05) is 0 Å². The Kier molecular flexibility index (Phi) is 35.5. The highest BCUT2D eigenvalue weighted by Crippen LogP contribution is 2.50. The standard InChI is InChI=1S/C30H41F.C28H36F2.C27H34F2.C26H32F2.CH4/c1-3-4-5-6-23-8-11-24(12-9-23)25-13-15-26(16-14-25)27-17-19-28(20-18-27)29-10-7-22(2)30(31)21-29;1-2-3-4-20-5-7-21(8-6-20)22-9-11-23(12-10-22)24-13-15-25(16-14-24)26-17-18-27(29)28(30)19-26;1-2-3-19-4-6-20(7-5-19)21-8-10-22(11-9-21)23-12-14-24(15-13-23)25-16-17-26(28)27(29)18-25;1-2-18-3-5-19(6-4-18)20-7-9-21(10-8-20)22-11-13-23(14-12-22)24-15-16-25(27)26(28)17-24;/h7,10,17-21,23-26H,3-6,8-9,11-16H2,1-2H3;13-23H,2-12H2,1H3;12-22H,2-11H2,1H3;11-21H,2-10H2,1H3;1H4. The average molecular weight is 1630 g/mol. The highest BCUT2D eigenvalue weighted by atomic mass is 19.2. The molecule has 8 aliphatic carbocycles. The number of halogens is 7. The van der Waals surface area contributed by atoms with Crippen molar-refractivity contribution in [2.75, 3.05) is 0 Å². The lowest BCUT2D eigenvalue weighted by atomic mass is 9.68. The number of rotatable bonds is 22. The Morgan fingerprint density at radius 3 is 0.681 bits per heavy atom. The van der Waals surface area contributed by atoms with Gasteiger partial charge in [0.15, 0.2) is 34.9 Å². The summed E-state index contributed by atoms with van der Waals surface area (Å²) < 4.78 is 93.9. The second kappa shape index (κ2) is 46.1. The van der Waals surface area contributed by atoms with Crippen LogP contribution in [-0.2, 0) is 0 Å². The zero-order chi connectivity index (χ0) is 82.3. The van der Waals surface area contributed by atoms with Crippen LogP contribution < -0.4 is 0 Å². The molecule has 0 radical (unpaired) electrons. The van der Waals surface area contributed by atoms with Crippen molar-refractivity contribution in [1.29, 1.82) is 0 Å². The van der Waals surface area contributed by atoms with Crippen LogP contribution >= 0.6 is 0 Å². The van der Waals surface area contributed by atoms with Gasteiger partial charge in [0.1, 0.15) is 5.82 Å². The molecular formula is C112H147F7. The van der Waals surface area contributed by atoms with Crippen LogP contribution in [0.25, 0.3) is 44.5 Å². The monoisotopic (exact) mass is 1630 g/mol. The zero-order valence-corrected chi connectivity index (χ0v) is 72.7. The molecule has 0 aliphatic heterocycles. The van der Waals surface area contributed by atoms with Gasteiger partial charge in [-0.15, -0.1) is 0 Å². The van der Waals surface area contributed by atoms with E-state index in [2.05, 4.69) is 125 Å². The maximum Gasteiger partial charge on any atom is 0.159 e. The lowest BCUT2D eigenvalue weighted by Crippen LogP contribution is -2.25. The van der Waals surface area contributed by atoms with Crippen LogP contribution in [0.3, 0.4) is 0 Å². The molecule has 0 N–H and O–H groups in total. The van der Waals surface area contributed by atoms with Crippen LogP contribution in [0.1, 0.15) is 356 Å². The molecule has 8 aliphatic rings. The van der Waals surface area contributed by atoms with Crippen molar-refractivity contribution in [2.24, 2.45) is 71.0 Å². The van der Waals surface area contributed by atoms with Gasteiger partial charge in [0.25, 0.3) is 0 Å². The molecule has 0 nitrogen and oxygen atoms in total. The van der Waals surface area contributed by atoms with Gasteiger partial charge >= 0.3 is 0 Å². The molecule has 0 spiro atoms. The van der Waals surface area contributed by atoms with E-state index >= 15 is 0 Å². The Hall–Kier alpha value is -6.73. The van der Waals surface area contributed by atoms with E-state index in [4.69, 9.17) is 0 Å². The fraction of sp³-hybridized carbons (Fsp3) is 0.571. The molecule has 0 amide bonds. The van der Waals surface area contributed by atoms with Crippen molar-refractivity contribution in [1.82, 2.24) is 0 Å². The van der Waals surface area contributed by atoms with Gasteiger partial charge in [0.05, 0.1) is 0 Å². The molecule has 0 unspecified atom stereocenters. The molecule has 0 heterocycles. The van der Waals surface area contributed by atoms with Crippen molar-refractivity contribution in [3.05, 3.63) is 238 Å². The topological polar surface area (TPSA) is 0 Å². The Morgan fingerprint density at radius 2 is 0.437 bits per heavy atom. The van der Waals surface area contributed by atoms with E-state index in [1.165, 1.54) is 328 Å². The largest absolute Gasteiger partial charge is 0.207 e.